The van der Waals surface area contributed by atoms with Gasteiger partial charge in [-0.1, -0.05) is 17.3 Å². The minimum absolute atomic E-state index is 0.143. The maximum atomic E-state index is 13.8. The van der Waals surface area contributed by atoms with Crippen molar-refractivity contribution in [2.45, 2.75) is 6.54 Å². The molecule has 3 aromatic heterocycles. The number of carbonyl (C=O) groups excluding carboxylic acids is 1. The van der Waals surface area contributed by atoms with E-state index in [9.17, 15) is 9.18 Å². The molecule has 0 saturated carbocycles. The molecule has 1 aromatic carbocycles. The summed E-state index contributed by atoms with van der Waals surface area (Å²) in [6.07, 6.45) is 5.93. The van der Waals surface area contributed by atoms with Gasteiger partial charge < -0.3 is 11.1 Å². The summed E-state index contributed by atoms with van der Waals surface area (Å²) < 4.78 is 16.0. The molecule has 0 radical (unpaired) electrons. The van der Waals surface area contributed by atoms with Crippen molar-refractivity contribution in [3.63, 3.8) is 0 Å². The molecule has 0 aliphatic carbocycles. The zero-order chi connectivity index (χ0) is 18.1. The molecule has 7 nitrogen and oxygen atoms in total. The minimum atomic E-state index is -0.529. The first-order valence-corrected chi connectivity index (χ1v) is 8.50. The zero-order valence-corrected chi connectivity index (χ0v) is 14.2. The highest BCUT2D eigenvalue weighted by atomic mass is 32.1. The van der Waals surface area contributed by atoms with Crippen LogP contribution in [-0.2, 0) is 6.54 Å². The molecule has 0 fully saturated rings. The van der Waals surface area contributed by atoms with Crippen LogP contribution in [0.2, 0.25) is 0 Å². The van der Waals surface area contributed by atoms with Crippen molar-refractivity contribution >= 4 is 33.0 Å². The summed E-state index contributed by atoms with van der Waals surface area (Å²) >= 11 is 1.12. The number of anilines is 1. The minimum Gasteiger partial charge on any atom is -0.397 e. The van der Waals surface area contributed by atoms with Crippen molar-refractivity contribution in [3.8, 4) is 5.69 Å². The topological polar surface area (TPSA) is 98.7 Å². The van der Waals surface area contributed by atoms with E-state index in [2.05, 4.69) is 20.6 Å². The fourth-order valence-electron chi connectivity index (χ4n) is 2.58. The smallest absolute Gasteiger partial charge is 0.263 e. The average Bonchev–Trinajstić information content (AvgIpc) is 3.29. The Labute approximate surface area is 151 Å². The SMILES string of the molecule is Nc1c(C(=O)NCc2ccc(-n3ccnn3)cc2)sc2cncc(F)c12. The number of hydrogen-bond acceptors (Lipinski definition) is 6. The van der Waals surface area contributed by atoms with E-state index in [1.165, 1.54) is 6.20 Å². The number of amides is 1. The summed E-state index contributed by atoms with van der Waals surface area (Å²) in [5, 5.41) is 10.7. The quantitative estimate of drug-likeness (QED) is 0.577. The van der Waals surface area contributed by atoms with Gasteiger partial charge in [0.15, 0.2) is 5.82 Å². The Bertz CT molecular complexity index is 1070. The molecule has 26 heavy (non-hydrogen) atoms. The largest absolute Gasteiger partial charge is 0.397 e. The van der Waals surface area contributed by atoms with Gasteiger partial charge in [-0.25, -0.2) is 9.07 Å². The highest BCUT2D eigenvalue weighted by Gasteiger charge is 2.18. The normalized spacial score (nSPS) is 11.0. The van der Waals surface area contributed by atoms with Crippen LogP contribution in [0.1, 0.15) is 15.2 Å². The Balaban J connectivity index is 1.49. The van der Waals surface area contributed by atoms with Gasteiger partial charge in [0.25, 0.3) is 5.91 Å². The lowest BCUT2D eigenvalue weighted by molar-refractivity contribution is 0.0956. The highest BCUT2D eigenvalue weighted by molar-refractivity contribution is 7.21. The van der Waals surface area contributed by atoms with Crippen LogP contribution < -0.4 is 11.1 Å². The first-order chi connectivity index (χ1) is 12.6. The molecule has 3 heterocycles. The van der Waals surface area contributed by atoms with Crippen molar-refractivity contribution in [1.29, 1.82) is 0 Å². The average molecular weight is 368 g/mol. The molecule has 0 aliphatic heterocycles. The maximum absolute atomic E-state index is 13.8. The molecule has 0 spiro atoms. The Morgan fingerprint density at radius 2 is 2.08 bits per heavy atom. The van der Waals surface area contributed by atoms with Crippen molar-refractivity contribution < 1.29 is 9.18 Å². The monoisotopic (exact) mass is 368 g/mol. The number of aromatic nitrogens is 4. The van der Waals surface area contributed by atoms with E-state index in [4.69, 9.17) is 5.73 Å². The third-order valence-corrected chi connectivity index (χ3v) is 5.01. The molecule has 0 unspecified atom stereocenters. The van der Waals surface area contributed by atoms with Gasteiger partial charge in [0.05, 0.1) is 40.1 Å². The van der Waals surface area contributed by atoms with Gasteiger partial charge in [0.1, 0.15) is 4.88 Å². The molecule has 4 aromatic rings. The predicted octanol–water partition coefficient (Wildman–Crippen LogP) is 2.53. The van der Waals surface area contributed by atoms with Crippen LogP contribution in [0.25, 0.3) is 15.8 Å². The fourth-order valence-corrected chi connectivity index (χ4v) is 3.60. The van der Waals surface area contributed by atoms with E-state index < -0.39 is 5.82 Å². The molecule has 0 bridgehead atoms. The molecule has 1 amide bonds. The van der Waals surface area contributed by atoms with E-state index in [0.29, 0.717) is 11.2 Å². The molecule has 9 heteroatoms. The number of halogens is 1. The second-order valence-electron chi connectivity index (χ2n) is 5.54. The van der Waals surface area contributed by atoms with Crippen molar-refractivity contribution in [2.75, 3.05) is 5.73 Å². The van der Waals surface area contributed by atoms with Gasteiger partial charge >= 0.3 is 0 Å². The number of rotatable bonds is 4. The number of nitrogen functional groups attached to an aromatic ring is 1. The van der Waals surface area contributed by atoms with E-state index in [-0.39, 0.29) is 21.9 Å². The van der Waals surface area contributed by atoms with Crippen LogP contribution in [0.5, 0.6) is 0 Å². The summed E-state index contributed by atoms with van der Waals surface area (Å²) in [7, 11) is 0. The summed E-state index contributed by atoms with van der Waals surface area (Å²) in [6, 6.07) is 7.53. The van der Waals surface area contributed by atoms with Gasteiger partial charge in [-0.3, -0.25) is 9.78 Å². The molecular formula is C17H13FN6OS. The van der Waals surface area contributed by atoms with Crippen LogP contribution in [0, 0.1) is 5.82 Å². The van der Waals surface area contributed by atoms with E-state index in [1.54, 1.807) is 17.1 Å². The summed E-state index contributed by atoms with van der Waals surface area (Å²) in [5.74, 6) is -0.873. The number of fused-ring (bicyclic) bond motifs is 1. The number of benzene rings is 1. The Morgan fingerprint density at radius 3 is 2.77 bits per heavy atom. The number of nitrogens with two attached hydrogens (primary N) is 1. The fraction of sp³-hybridized carbons (Fsp3) is 0.0588. The summed E-state index contributed by atoms with van der Waals surface area (Å²) in [5.41, 5.74) is 7.87. The van der Waals surface area contributed by atoms with Gasteiger partial charge in [-0.2, -0.15) is 0 Å². The number of pyridine rings is 1. The second-order valence-corrected chi connectivity index (χ2v) is 6.59. The molecule has 3 N–H and O–H groups in total. The standard InChI is InChI=1S/C17H13FN6OS/c18-12-8-20-9-13-14(12)15(19)16(26-13)17(25)21-7-10-1-3-11(4-2-10)24-6-5-22-23-24/h1-6,8-9H,7,19H2,(H,21,25). The van der Waals surface area contributed by atoms with Crippen LogP contribution in [0.4, 0.5) is 10.1 Å². The van der Waals surface area contributed by atoms with E-state index >= 15 is 0 Å². The molecule has 130 valence electrons. The number of hydrogen-bond donors (Lipinski definition) is 2. The van der Waals surface area contributed by atoms with Gasteiger partial charge in [-0.05, 0) is 17.7 Å². The van der Waals surface area contributed by atoms with Gasteiger partial charge in [0, 0.05) is 12.7 Å². The summed E-state index contributed by atoms with van der Waals surface area (Å²) in [6.45, 7) is 0.324. The third kappa shape index (κ3) is 2.88. The van der Waals surface area contributed by atoms with Crippen molar-refractivity contribution in [1.82, 2.24) is 25.3 Å². The maximum Gasteiger partial charge on any atom is 0.263 e. The summed E-state index contributed by atoms with van der Waals surface area (Å²) in [4.78, 5) is 16.5. The predicted molar refractivity (Wildman–Crippen MR) is 96.5 cm³/mol. The first-order valence-electron chi connectivity index (χ1n) is 7.69. The Kier molecular flexibility index (Phi) is 4.05. The van der Waals surface area contributed by atoms with Crippen LogP contribution in [0.15, 0.2) is 49.1 Å². The van der Waals surface area contributed by atoms with Crippen molar-refractivity contribution in [3.05, 3.63) is 65.3 Å². The van der Waals surface area contributed by atoms with Gasteiger partial charge in [-0.15, -0.1) is 16.4 Å². The molecule has 4 rings (SSSR count). The first kappa shape index (κ1) is 16.2. The number of thiophene rings is 1. The molecule has 0 saturated heterocycles. The van der Waals surface area contributed by atoms with Crippen LogP contribution in [0.3, 0.4) is 0 Å². The highest BCUT2D eigenvalue weighted by Crippen LogP contribution is 2.34. The molecule has 0 aliphatic rings. The second kappa shape index (κ2) is 6.52. The molecular weight excluding hydrogens is 355 g/mol. The zero-order valence-electron chi connectivity index (χ0n) is 13.4. The number of nitrogens with one attached hydrogen (secondary N) is 1. The lowest BCUT2D eigenvalue weighted by Crippen LogP contribution is -2.22. The van der Waals surface area contributed by atoms with Crippen molar-refractivity contribution in [2.24, 2.45) is 0 Å². The number of carbonyl (C=O) groups is 1. The lowest BCUT2D eigenvalue weighted by atomic mass is 10.2. The Morgan fingerprint density at radius 1 is 1.27 bits per heavy atom. The van der Waals surface area contributed by atoms with Gasteiger partial charge in [0.2, 0.25) is 0 Å². The lowest BCUT2D eigenvalue weighted by Gasteiger charge is -2.06. The number of nitrogens with zero attached hydrogens (tertiary/aromatic N) is 4. The van der Waals surface area contributed by atoms with Crippen LogP contribution in [-0.4, -0.2) is 25.9 Å². The Hall–Kier alpha value is -3.33. The van der Waals surface area contributed by atoms with Crippen LogP contribution >= 0.6 is 11.3 Å². The van der Waals surface area contributed by atoms with E-state index in [1.807, 2.05) is 24.3 Å². The third-order valence-electron chi connectivity index (χ3n) is 3.87. The van der Waals surface area contributed by atoms with E-state index in [0.717, 1.165) is 28.8 Å². The molecule has 0 atom stereocenters.